The molecule has 0 bridgehead atoms. The Balaban J connectivity index is 1.76. The molecule has 0 saturated heterocycles. The van der Waals surface area contributed by atoms with Crippen molar-refractivity contribution in [2.75, 3.05) is 11.9 Å². The molecule has 0 spiro atoms. The number of aromatic nitrogens is 2. The zero-order valence-electron chi connectivity index (χ0n) is 16.2. The molecule has 3 rings (SSSR count). The molecular weight excluding hydrogens is 370 g/mol. The lowest BCUT2D eigenvalue weighted by molar-refractivity contribution is -0.117. The summed E-state index contributed by atoms with van der Waals surface area (Å²) in [4.78, 5) is 36.0. The van der Waals surface area contributed by atoms with Crippen molar-refractivity contribution < 1.29 is 14.3 Å². The Kier molecular flexibility index (Phi) is 6.19. The Morgan fingerprint density at radius 3 is 2.52 bits per heavy atom. The fourth-order valence-electron chi connectivity index (χ4n) is 2.76. The van der Waals surface area contributed by atoms with Gasteiger partial charge in [-0.15, -0.1) is 0 Å². The number of anilines is 1. The lowest BCUT2D eigenvalue weighted by atomic mass is 10.1. The Morgan fingerprint density at radius 2 is 1.83 bits per heavy atom. The van der Waals surface area contributed by atoms with E-state index in [1.807, 2.05) is 31.2 Å². The third-order valence-electron chi connectivity index (χ3n) is 4.17. The molecule has 0 fully saturated rings. The van der Waals surface area contributed by atoms with Crippen LogP contribution in [0.15, 0.2) is 65.5 Å². The maximum atomic E-state index is 12.4. The van der Waals surface area contributed by atoms with E-state index in [1.165, 1.54) is 13.0 Å². The second kappa shape index (κ2) is 8.97. The average molecular weight is 391 g/mol. The number of ether oxygens (including phenoxy) is 1. The number of carbonyl (C=O) groups excluding carboxylic acids is 2. The fourth-order valence-corrected chi connectivity index (χ4v) is 2.76. The largest absolute Gasteiger partial charge is 0.494 e. The van der Waals surface area contributed by atoms with E-state index >= 15 is 0 Å². The Morgan fingerprint density at radius 1 is 1.07 bits per heavy atom. The highest BCUT2D eigenvalue weighted by atomic mass is 16.5. The van der Waals surface area contributed by atoms with E-state index in [4.69, 9.17) is 4.74 Å². The number of amides is 1. The molecule has 0 radical (unpaired) electrons. The van der Waals surface area contributed by atoms with Crippen molar-refractivity contribution in [2.45, 2.75) is 20.4 Å². The van der Waals surface area contributed by atoms with Crippen LogP contribution in [0.2, 0.25) is 0 Å². The first-order valence-electron chi connectivity index (χ1n) is 9.18. The van der Waals surface area contributed by atoms with Gasteiger partial charge in [0.15, 0.2) is 5.78 Å². The van der Waals surface area contributed by atoms with Crippen molar-refractivity contribution in [1.82, 2.24) is 9.78 Å². The van der Waals surface area contributed by atoms with Crippen LogP contribution in [0.5, 0.6) is 5.75 Å². The van der Waals surface area contributed by atoms with E-state index in [-0.39, 0.29) is 17.9 Å². The molecule has 0 aliphatic rings. The SMILES string of the molecule is CCOc1ccc(-c2ccc(=O)n(CC(=O)Nc3cccc(C(C)=O)c3)n2)cc1. The number of benzene rings is 2. The third-order valence-corrected chi connectivity index (χ3v) is 4.17. The topological polar surface area (TPSA) is 90.3 Å². The van der Waals surface area contributed by atoms with Crippen molar-refractivity contribution in [3.63, 3.8) is 0 Å². The fraction of sp³-hybridized carbons (Fsp3) is 0.182. The minimum Gasteiger partial charge on any atom is -0.494 e. The van der Waals surface area contributed by atoms with Gasteiger partial charge in [-0.05, 0) is 56.3 Å². The molecule has 7 nitrogen and oxygen atoms in total. The van der Waals surface area contributed by atoms with Crippen LogP contribution in [0.4, 0.5) is 5.69 Å². The van der Waals surface area contributed by atoms with Crippen LogP contribution in [-0.2, 0) is 11.3 Å². The molecule has 1 heterocycles. The number of Topliss-reactive ketones (excluding diaryl/α,β-unsaturated/α-hetero) is 1. The van der Waals surface area contributed by atoms with Crippen LogP contribution in [-0.4, -0.2) is 28.1 Å². The minimum atomic E-state index is -0.413. The van der Waals surface area contributed by atoms with E-state index in [1.54, 1.807) is 30.3 Å². The lowest BCUT2D eigenvalue weighted by Gasteiger charge is -2.09. The summed E-state index contributed by atoms with van der Waals surface area (Å²) < 4.78 is 6.53. The number of ketones is 1. The number of nitrogens with zero attached hydrogens (tertiary/aromatic N) is 2. The molecule has 29 heavy (non-hydrogen) atoms. The minimum absolute atomic E-state index is 0.0953. The van der Waals surface area contributed by atoms with Gasteiger partial charge in [-0.25, -0.2) is 4.68 Å². The summed E-state index contributed by atoms with van der Waals surface area (Å²) in [6.07, 6.45) is 0. The molecule has 1 amide bonds. The molecule has 148 valence electrons. The average Bonchev–Trinajstić information content (AvgIpc) is 2.70. The molecular formula is C22H21N3O4. The predicted molar refractivity (Wildman–Crippen MR) is 110 cm³/mol. The molecule has 1 aromatic heterocycles. The maximum Gasteiger partial charge on any atom is 0.267 e. The van der Waals surface area contributed by atoms with Crippen LogP contribution < -0.4 is 15.6 Å². The Bertz CT molecular complexity index is 1090. The third kappa shape index (κ3) is 5.16. The first kappa shape index (κ1) is 20.0. The van der Waals surface area contributed by atoms with Gasteiger partial charge < -0.3 is 10.1 Å². The zero-order chi connectivity index (χ0) is 20.8. The first-order chi connectivity index (χ1) is 14.0. The highest BCUT2D eigenvalue weighted by Crippen LogP contribution is 2.20. The van der Waals surface area contributed by atoms with Crippen molar-refractivity contribution >= 4 is 17.4 Å². The summed E-state index contributed by atoms with van der Waals surface area (Å²) >= 11 is 0. The van der Waals surface area contributed by atoms with Gasteiger partial charge in [0.2, 0.25) is 5.91 Å². The number of rotatable bonds is 7. The van der Waals surface area contributed by atoms with E-state index in [9.17, 15) is 14.4 Å². The van der Waals surface area contributed by atoms with Gasteiger partial charge in [-0.1, -0.05) is 12.1 Å². The molecule has 0 atom stereocenters. The summed E-state index contributed by atoms with van der Waals surface area (Å²) in [6, 6.07) is 16.9. The highest BCUT2D eigenvalue weighted by Gasteiger charge is 2.10. The van der Waals surface area contributed by atoms with Crippen molar-refractivity contribution in [3.8, 4) is 17.0 Å². The normalized spacial score (nSPS) is 10.4. The van der Waals surface area contributed by atoms with Gasteiger partial charge in [0.25, 0.3) is 5.56 Å². The van der Waals surface area contributed by atoms with Crippen molar-refractivity contribution in [3.05, 3.63) is 76.6 Å². The summed E-state index contributed by atoms with van der Waals surface area (Å²) in [5.74, 6) is 0.239. The molecule has 1 N–H and O–H groups in total. The van der Waals surface area contributed by atoms with Gasteiger partial charge in [-0.2, -0.15) is 5.10 Å². The molecule has 0 unspecified atom stereocenters. The van der Waals surface area contributed by atoms with Gasteiger partial charge >= 0.3 is 0 Å². The van der Waals surface area contributed by atoms with Crippen LogP contribution in [0.3, 0.4) is 0 Å². The lowest BCUT2D eigenvalue weighted by Crippen LogP contribution is -2.29. The predicted octanol–water partition coefficient (Wildman–Crippen LogP) is 3.15. The molecule has 7 heteroatoms. The van der Waals surface area contributed by atoms with E-state index in [2.05, 4.69) is 10.4 Å². The van der Waals surface area contributed by atoms with Gasteiger partial charge in [0, 0.05) is 22.9 Å². The summed E-state index contributed by atoms with van der Waals surface area (Å²) in [6.45, 7) is 3.70. The van der Waals surface area contributed by atoms with Crippen LogP contribution in [0, 0.1) is 0 Å². The quantitative estimate of drug-likeness (QED) is 0.625. The highest BCUT2D eigenvalue weighted by molar-refractivity contribution is 5.97. The number of hydrogen-bond donors (Lipinski definition) is 1. The van der Waals surface area contributed by atoms with E-state index in [0.717, 1.165) is 16.0 Å². The summed E-state index contributed by atoms with van der Waals surface area (Å²) in [5, 5.41) is 6.98. The second-order valence-corrected chi connectivity index (χ2v) is 6.36. The van der Waals surface area contributed by atoms with Crippen molar-refractivity contribution in [2.24, 2.45) is 0 Å². The molecule has 3 aromatic rings. The van der Waals surface area contributed by atoms with Crippen LogP contribution in [0.25, 0.3) is 11.3 Å². The van der Waals surface area contributed by atoms with Crippen LogP contribution >= 0.6 is 0 Å². The summed E-state index contributed by atoms with van der Waals surface area (Å²) in [7, 11) is 0. The standard InChI is InChI=1S/C22H21N3O4/c1-3-29-19-9-7-16(8-10-19)20-11-12-22(28)25(24-20)14-21(27)23-18-6-4-5-17(13-18)15(2)26/h4-13H,3,14H2,1-2H3,(H,23,27). The molecule has 0 aliphatic heterocycles. The maximum absolute atomic E-state index is 12.4. The smallest absolute Gasteiger partial charge is 0.267 e. The zero-order valence-corrected chi connectivity index (χ0v) is 16.2. The monoisotopic (exact) mass is 391 g/mol. The molecule has 0 saturated carbocycles. The van der Waals surface area contributed by atoms with Gasteiger partial charge in [0.1, 0.15) is 12.3 Å². The Hall–Kier alpha value is -3.74. The summed E-state index contributed by atoms with van der Waals surface area (Å²) in [5.41, 5.74) is 1.97. The number of hydrogen-bond acceptors (Lipinski definition) is 5. The number of nitrogens with one attached hydrogen (secondary N) is 1. The molecule has 2 aromatic carbocycles. The number of carbonyl (C=O) groups is 2. The van der Waals surface area contributed by atoms with Gasteiger partial charge in [-0.3, -0.25) is 14.4 Å². The Labute approximate surface area is 168 Å². The second-order valence-electron chi connectivity index (χ2n) is 6.36. The van der Waals surface area contributed by atoms with Crippen LogP contribution in [0.1, 0.15) is 24.2 Å². The van der Waals surface area contributed by atoms with E-state index < -0.39 is 5.91 Å². The first-order valence-corrected chi connectivity index (χ1v) is 9.18. The van der Waals surface area contributed by atoms with E-state index in [0.29, 0.717) is 23.6 Å². The van der Waals surface area contributed by atoms with Crippen molar-refractivity contribution in [1.29, 1.82) is 0 Å². The molecule has 0 aliphatic carbocycles. The van der Waals surface area contributed by atoms with Gasteiger partial charge in [0.05, 0.1) is 12.3 Å².